The molecule has 1 heterocycles. The molecule has 1 fully saturated rings. The fourth-order valence-electron chi connectivity index (χ4n) is 4.30. The third kappa shape index (κ3) is 4.71. The maximum absolute atomic E-state index is 13.2. The monoisotopic (exact) mass is 400 g/mol. The van der Waals surface area contributed by atoms with Crippen molar-refractivity contribution < 1.29 is 9.59 Å². The zero-order chi connectivity index (χ0) is 21.1. The molecular weight excluding hydrogens is 368 g/mol. The molecule has 2 amide bonds. The molecule has 0 radical (unpaired) electrons. The Kier molecular flexibility index (Phi) is 6.45. The highest BCUT2D eigenvalue weighted by Gasteiger charge is 2.25. The van der Waals surface area contributed by atoms with Crippen LogP contribution in [0.3, 0.4) is 0 Å². The number of aromatic nitrogens is 2. The van der Waals surface area contributed by atoms with Crippen molar-refractivity contribution in [2.75, 3.05) is 0 Å². The van der Waals surface area contributed by atoms with Crippen LogP contribution in [0.2, 0.25) is 0 Å². The van der Waals surface area contributed by atoms with E-state index in [4.69, 9.17) is 5.73 Å². The molecule has 3 N–H and O–H groups in total. The molecule has 1 aromatic carbocycles. The van der Waals surface area contributed by atoms with Crippen molar-refractivity contribution in [1.29, 1.82) is 0 Å². The number of carbonyl (C=O) groups excluding carboxylic acids is 2. The molecule has 2 aromatic rings. The summed E-state index contributed by atoms with van der Waals surface area (Å²) in [5.41, 5.74) is 7.45. The van der Waals surface area contributed by atoms with Crippen LogP contribution >= 0.6 is 0 Å². The summed E-state index contributed by atoms with van der Waals surface area (Å²) in [7, 11) is 0. The zero-order valence-corrected chi connectivity index (χ0v) is 17.6. The molecule has 3 rings (SSSR count). The van der Waals surface area contributed by atoms with Crippen LogP contribution in [0.1, 0.15) is 57.9 Å². The van der Waals surface area contributed by atoms with E-state index in [-0.39, 0.29) is 11.6 Å². The average Bonchev–Trinajstić information content (AvgIpc) is 2.93. The van der Waals surface area contributed by atoms with Gasteiger partial charge in [0.15, 0.2) is 0 Å². The fourth-order valence-corrected chi connectivity index (χ4v) is 4.30. The van der Waals surface area contributed by atoms with Crippen molar-refractivity contribution in [2.24, 2.45) is 17.6 Å². The second kappa shape index (κ2) is 8.84. The van der Waals surface area contributed by atoms with Crippen LogP contribution in [-0.4, -0.2) is 27.1 Å². The molecule has 29 heavy (non-hydrogen) atoms. The molecule has 0 saturated heterocycles. The molecule has 158 valence electrons. The van der Waals surface area contributed by atoms with Crippen molar-refractivity contribution in [2.45, 2.75) is 71.9 Å². The summed E-state index contributed by atoms with van der Waals surface area (Å²) in [5.74, 6) is 0.0325. The normalized spacial score (nSPS) is 16.3. The van der Waals surface area contributed by atoms with Gasteiger partial charge in [-0.25, -0.2) is 14.2 Å². The van der Waals surface area contributed by atoms with Gasteiger partial charge in [0.1, 0.15) is 6.04 Å². The lowest BCUT2D eigenvalue weighted by molar-refractivity contribution is -0.120. The number of fused-ring (bicyclic) bond motifs is 1. The van der Waals surface area contributed by atoms with E-state index in [0.29, 0.717) is 24.4 Å². The smallest absolute Gasteiger partial charge is 0.337 e. The molecule has 1 saturated carbocycles. The molecule has 0 spiro atoms. The van der Waals surface area contributed by atoms with Gasteiger partial charge in [0.2, 0.25) is 5.91 Å². The van der Waals surface area contributed by atoms with Gasteiger partial charge in [-0.2, -0.15) is 0 Å². The molecular formula is C22H32N4O3. The van der Waals surface area contributed by atoms with Crippen LogP contribution in [0.15, 0.2) is 23.0 Å². The molecule has 1 aliphatic rings. The number of carbonyl (C=O) groups is 2. The van der Waals surface area contributed by atoms with E-state index < -0.39 is 18.0 Å². The van der Waals surface area contributed by atoms with E-state index in [1.807, 2.05) is 32.9 Å². The van der Waals surface area contributed by atoms with Crippen molar-refractivity contribution in [3.05, 3.63) is 34.2 Å². The topological polar surface area (TPSA) is 99.1 Å². The maximum Gasteiger partial charge on any atom is 0.337 e. The minimum Gasteiger partial charge on any atom is -0.368 e. The number of hydrogen-bond donors (Lipinski definition) is 2. The van der Waals surface area contributed by atoms with Crippen LogP contribution in [0.25, 0.3) is 11.0 Å². The fraction of sp³-hybridized carbons (Fsp3) is 0.591. The number of imidazole rings is 1. The van der Waals surface area contributed by atoms with Crippen molar-refractivity contribution in [3.63, 3.8) is 0 Å². The van der Waals surface area contributed by atoms with Gasteiger partial charge in [-0.1, -0.05) is 39.2 Å². The van der Waals surface area contributed by atoms with Crippen molar-refractivity contribution in [1.82, 2.24) is 14.5 Å². The van der Waals surface area contributed by atoms with E-state index >= 15 is 0 Å². The number of amides is 2. The highest BCUT2D eigenvalue weighted by molar-refractivity contribution is 5.92. The Bertz CT molecular complexity index is 951. The van der Waals surface area contributed by atoms with E-state index in [1.165, 1.54) is 19.3 Å². The lowest BCUT2D eigenvalue weighted by atomic mass is 9.89. The summed E-state index contributed by atoms with van der Waals surface area (Å²) in [6.07, 6.45) is 6.26. The first-order valence-electron chi connectivity index (χ1n) is 10.6. The van der Waals surface area contributed by atoms with Gasteiger partial charge in [-0.15, -0.1) is 0 Å². The number of nitrogens with two attached hydrogens (primary N) is 1. The first-order chi connectivity index (χ1) is 13.8. The molecule has 0 bridgehead atoms. The summed E-state index contributed by atoms with van der Waals surface area (Å²) < 4.78 is 2.87. The standard InChI is InChI=1S/C22H32N4O3/c1-14(2)11-17(20(23)27)24-21(28)26-18-10-9-15(3)12-19(18)25(22(26)29)13-16-7-5-4-6-8-16/h9-10,12,14,16-17H,4-8,11,13H2,1-3H3,(H2,23,27)(H,24,28)/t17-/m1/s1. The molecule has 7 heteroatoms. The predicted octanol–water partition coefficient (Wildman–Crippen LogP) is 3.15. The number of hydrogen-bond acceptors (Lipinski definition) is 3. The Morgan fingerprint density at radius 2 is 1.86 bits per heavy atom. The summed E-state index contributed by atoms with van der Waals surface area (Å²) in [4.78, 5) is 38.0. The number of benzene rings is 1. The van der Waals surface area contributed by atoms with Crippen LogP contribution in [0.4, 0.5) is 4.79 Å². The summed E-state index contributed by atoms with van der Waals surface area (Å²) in [6.45, 7) is 6.49. The summed E-state index contributed by atoms with van der Waals surface area (Å²) in [6, 6.07) is 4.22. The molecule has 1 atom stereocenters. The van der Waals surface area contributed by atoms with Gasteiger partial charge in [0.05, 0.1) is 11.0 Å². The van der Waals surface area contributed by atoms with Crippen LogP contribution in [0, 0.1) is 18.8 Å². The third-order valence-corrected chi connectivity index (χ3v) is 5.80. The molecule has 0 unspecified atom stereocenters. The zero-order valence-electron chi connectivity index (χ0n) is 17.6. The number of nitrogens with one attached hydrogen (secondary N) is 1. The SMILES string of the molecule is Cc1ccc2c(c1)n(CC1CCCCC1)c(=O)n2C(=O)N[C@H](CC(C)C)C(N)=O. The van der Waals surface area contributed by atoms with Crippen LogP contribution in [-0.2, 0) is 11.3 Å². The minimum atomic E-state index is -0.809. The van der Waals surface area contributed by atoms with Gasteiger partial charge >= 0.3 is 11.7 Å². The molecule has 1 aromatic heterocycles. The summed E-state index contributed by atoms with van der Waals surface area (Å²) in [5, 5.41) is 2.66. The second-order valence-corrected chi connectivity index (χ2v) is 8.76. The summed E-state index contributed by atoms with van der Waals surface area (Å²) >= 11 is 0. The second-order valence-electron chi connectivity index (χ2n) is 8.76. The molecule has 7 nitrogen and oxygen atoms in total. The Morgan fingerprint density at radius 1 is 1.17 bits per heavy atom. The highest BCUT2D eigenvalue weighted by atomic mass is 16.2. The van der Waals surface area contributed by atoms with Crippen molar-refractivity contribution in [3.8, 4) is 0 Å². The third-order valence-electron chi connectivity index (χ3n) is 5.80. The lowest BCUT2D eigenvalue weighted by Gasteiger charge is -2.21. The molecule has 0 aliphatic heterocycles. The number of aryl methyl sites for hydroxylation is 1. The predicted molar refractivity (Wildman–Crippen MR) is 114 cm³/mol. The van der Waals surface area contributed by atoms with Gasteiger partial charge in [0.25, 0.3) is 0 Å². The largest absolute Gasteiger partial charge is 0.368 e. The lowest BCUT2D eigenvalue weighted by Crippen LogP contribution is -2.48. The Hall–Kier alpha value is -2.57. The van der Waals surface area contributed by atoms with Gasteiger partial charge in [0, 0.05) is 6.54 Å². The average molecular weight is 401 g/mol. The van der Waals surface area contributed by atoms with Gasteiger partial charge < -0.3 is 11.1 Å². The van der Waals surface area contributed by atoms with Gasteiger partial charge in [-0.3, -0.25) is 9.36 Å². The minimum absolute atomic E-state index is 0.180. The van der Waals surface area contributed by atoms with E-state index in [2.05, 4.69) is 5.32 Å². The molecule has 1 aliphatic carbocycles. The number of nitrogens with zero attached hydrogens (tertiary/aromatic N) is 2. The Labute approximate surface area is 171 Å². The number of rotatable bonds is 6. The Balaban J connectivity index is 1.98. The Morgan fingerprint density at radius 3 is 2.48 bits per heavy atom. The van der Waals surface area contributed by atoms with Gasteiger partial charge in [-0.05, 0) is 55.7 Å². The van der Waals surface area contributed by atoms with Crippen LogP contribution < -0.4 is 16.7 Å². The van der Waals surface area contributed by atoms with Crippen molar-refractivity contribution >= 4 is 23.0 Å². The maximum atomic E-state index is 13.2. The first kappa shape index (κ1) is 21.1. The quantitative estimate of drug-likeness (QED) is 0.779. The first-order valence-corrected chi connectivity index (χ1v) is 10.6. The van der Waals surface area contributed by atoms with Crippen LogP contribution in [0.5, 0.6) is 0 Å². The van der Waals surface area contributed by atoms with E-state index in [0.717, 1.165) is 28.5 Å². The van der Waals surface area contributed by atoms with E-state index in [9.17, 15) is 14.4 Å². The highest BCUT2D eigenvalue weighted by Crippen LogP contribution is 2.26. The number of primary amides is 1. The van der Waals surface area contributed by atoms with E-state index in [1.54, 1.807) is 10.6 Å².